The van der Waals surface area contributed by atoms with Gasteiger partial charge in [-0.1, -0.05) is 28.1 Å². The number of benzene rings is 2. The van der Waals surface area contributed by atoms with Crippen molar-refractivity contribution >= 4 is 33.5 Å². The van der Waals surface area contributed by atoms with Gasteiger partial charge in [-0.25, -0.2) is 0 Å². The molecular weight excluding hydrogens is 479 g/mol. The summed E-state index contributed by atoms with van der Waals surface area (Å²) in [6.45, 7) is 0. The van der Waals surface area contributed by atoms with Crippen LogP contribution >= 0.6 is 15.9 Å². The summed E-state index contributed by atoms with van der Waals surface area (Å²) in [7, 11) is 0. The number of amides is 1. The van der Waals surface area contributed by atoms with Crippen LogP contribution in [-0.4, -0.2) is 17.0 Å². The van der Waals surface area contributed by atoms with E-state index in [9.17, 15) is 27.9 Å². The smallest absolute Gasteiger partial charge is 0.416 e. The van der Waals surface area contributed by atoms with E-state index in [4.69, 9.17) is 4.74 Å². The fourth-order valence-corrected chi connectivity index (χ4v) is 4.52. The molecule has 4 rings (SSSR count). The van der Waals surface area contributed by atoms with Crippen molar-refractivity contribution < 1.29 is 32.6 Å². The van der Waals surface area contributed by atoms with Gasteiger partial charge in [0.25, 0.3) is 0 Å². The first-order valence-electron chi connectivity index (χ1n) is 9.50. The van der Waals surface area contributed by atoms with Gasteiger partial charge in [-0.3, -0.25) is 9.59 Å². The van der Waals surface area contributed by atoms with Crippen molar-refractivity contribution in [1.29, 1.82) is 0 Å². The summed E-state index contributed by atoms with van der Waals surface area (Å²) in [5.41, 5.74) is -1.12. The van der Waals surface area contributed by atoms with E-state index in [0.29, 0.717) is 12.2 Å². The number of carbonyl (C=O) groups excluding carboxylic acids is 1. The number of carbonyl (C=O) groups is 2. The molecule has 0 aliphatic heterocycles. The molecule has 2 aromatic rings. The summed E-state index contributed by atoms with van der Waals surface area (Å²) in [4.78, 5) is 24.7. The van der Waals surface area contributed by atoms with Crippen molar-refractivity contribution in [2.45, 2.75) is 12.6 Å². The molecule has 0 heterocycles. The summed E-state index contributed by atoms with van der Waals surface area (Å²) in [6, 6.07) is 9.45. The van der Waals surface area contributed by atoms with Crippen LogP contribution in [0.3, 0.4) is 0 Å². The molecular formula is C22H17BrF3NO4. The van der Waals surface area contributed by atoms with Crippen LogP contribution < -0.4 is 10.1 Å². The SMILES string of the molecule is O=C(Nc1cc(C(F)(F)F)ccc1Oc1ccc(Br)cc1)[C@@H]1[C@H](C(=O)O)[C@H]2C=C[C@H]1C2. The van der Waals surface area contributed by atoms with Crippen molar-refractivity contribution in [3.8, 4) is 11.5 Å². The zero-order chi connectivity index (χ0) is 22.3. The lowest BCUT2D eigenvalue weighted by Gasteiger charge is -2.24. The molecule has 0 unspecified atom stereocenters. The molecule has 0 aromatic heterocycles. The van der Waals surface area contributed by atoms with Crippen LogP contribution in [0.1, 0.15) is 12.0 Å². The van der Waals surface area contributed by atoms with E-state index in [2.05, 4.69) is 21.2 Å². The first kappa shape index (κ1) is 21.4. The summed E-state index contributed by atoms with van der Waals surface area (Å²) in [6.07, 6.45) is -0.479. The summed E-state index contributed by atoms with van der Waals surface area (Å²) < 4.78 is 46.3. The van der Waals surface area contributed by atoms with Gasteiger partial charge in [0.1, 0.15) is 5.75 Å². The van der Waals surface area contributed by atoms with Crippen LogP contribution in [0.15, 0.2) is 59.1 Å². The zero-order valence-electron chi connectivity index (χ0n) is 15.9. The van der Waals surface area contributed by atoms with Gasteiger partial charge in [-0.05, 0) is 60.7 Å². The maximum atomic E-state index is 13.3. The minimum absolute atomic E-state index is 0.0224. The maximum Gasteiger partial charge on any atom is 0.416 e. The number of hydrogen-bond donors (Lipinski definition) is 2. The minimum atomic E-state index is -4.62. The number of ether oxygens (including phenoxy) is 1. The van der Waals surface area contributed by atoms with Gasteiger partial charge in [0.2, 0.25) is 5.91 Å². The second kappa shape index (κ2) is 8.03. The molecule has 31 heavy (non-hydrogen) atoms. The number of fused-ring (bicyclic) bond motifs is 2. The second-order valence-corrected chi connectivity index (χ2v) is 8.51. The van der Waals surface area contributed by atoms with Crippen LogP contribution in [0.25, 0.3) is 0 Å². The predicted octanol–water partition coefficient (Wildman–Crippen LogP) is 5.72. The molecule has 5 nitrogen and oxygen atoms in total. The molecule has 9 heteroatoms. The third kappa shape index (κ3) is 4.32. The molecule has 2 aromatic carbocycles. The van der Waals surface area contributed by atoms with E-state index >= 15 is 0 Å². The number of aliphatic carboxylic acids is 1. The van der Waals surface area contributed by atoms with Gasteiger partial charge in [0.05, 0.1) is 23.1 Å². The quantitative estimate of drug-likeness (QED) is 0.520. The Labute approximate surface area is 184 Å². The van der Waals surface area contributed by atoms with Crippen molar-refractivity contribution in [3.63, 3.8) is 0 Å². The maximum absolute atomic E-state index is 13.3. The summed E-state index contributed by atoms with van der Waals surface area (Å²) in [5.74, 6) is -3.61. The third-order valence-corrected chi connectivity index (χ3v) is 6.18. The molecule has 2 bridgehead atoms. The number of carboxylic acids is 1. The van der Waals surface area contributed by atoms with Crippen LogP contribution in [0.2, 0.25) is 0 Å². The van der Waals surface area contributed by atoms with E-state index in [-0.39, 0.29) is 23.3 Å². The molecule has 0 radical (unpaired) electrons. The Morgan fingerprint density at radius 3 is 2.29 bits per heavy atom. The highest BCUT2D eigenvalue weighted by Gasteiger charge is 2.51. The highest BCUT2D eigenvalue weighted by Crippen LogP contribution is 2.49. The molecule has 0 saturated heterocycles. The average Bonchev–Trinajstić information content (AvgIpc) is 3.31. The lowest BCUT2D eigenvalue weighted by Crippen LogP contribution is -2.36. The summed E-state index contributed by atoms with van der Waals surface area (Å²) >= 11 is 3.29. The van der Waals surface area contributed by atoms with Gasteiger partial charge < -0.3 is 15.2 Å². The number of anilines is 1. The van der Waals surface area contributed by atoms with E-state index in [1.165, 1.54) is 0 Å². The molecule has 2 aliphatic carbocycles. The lowest BCUT2D eigenvalue weighted by molar-refractivity contribution is -0.146. The van der Waals surface area contributed by atoms with E-state index in [1.807, 2.05) is 0 Å². The van der Waals surface area contributed by atoms with Gasteiger partial charge in [-0.15, -0.1) is 0 Å². The molecule has 2 aliphatic rings. The molecule has 2 N–H and O–H groups in total. The Morgan fingerprint density at radius 2 is 1.68 bits per heavy atom. The number of alkyl halides is 3. The van der Waals surface area contributed by atoms with Crippen LogP contribution in [0.4, 0.5) is 18.9 Å². The van der Waals surface area contributed by atoms with Gasteiger partial charge in [0, 0.05) is 4.47 Å². The lowest BCUT2D eigenvalue weighted by atomic mass is 9.82. The molecule has 0 spiro atoms. The Kier molecular flexibility index (Phi) is 5.55. The Bertz CT molecular complexity index is 1050. The normalized spacial score (nSPS) is 24.3. The van der Waals surface area contributed by atoms with Crippen molar-refractivity contribution in [3.05, 3.63) is 64.7 Å². The van der Waals surface area contributed by atoms with Crippen LogP contribution in [0, 0.1) is 23.7 Å². The van der Waals surface area contributed by atoms with Gasteiger partial charge >= 0.3 is 12.1 Å². The van der Waals surface area contributed by atoms with Gasteiger partial charge in [0.15, 0.2) is 5.75 Å². The molecule has 1 saturated carbocycles. The molecule has 1 amide bonds. The average molecular weight is 496 g/mol. The second-order valence-electron chi connectivity index (χ2n) is 7.59. The van der Waals surface area contributed by atoms with E-state index in [1.54, 1.807) is 36.4 Å². The van der Waals surface area contributed by atoms with Crippen molar-refractivity contribution in [2.75, 3.05) is 5.32 Å². The Morgan fingerprint density at radius 1 is 1.03 bits per heavy atom. The highest BCUT2D eigenvalue weighted by molar-refractivity contribution is 9.10. The van der Waals surface area contributed by atoms with E-state index in [0.717, 1.165) is 22.7 Å². The topological polar surface area (TPSA) is 75.6 Å². The highest BCUT2D eigenvalue weighted by atomic mass is 79.9. The first-order chi connectivity index (χ1) is 14.6. The zero-order valence-corrected chi connectivity index (χ0v) is 17.5. The van der Waals surface area contributed by atoms with E-state index < -0.39 is 35.5 Å². The van der Waals surface area contributed by atoms with Gasteiger partial charge in [-0.2, -0.15) is 13.2 Å². The molecule has 162 valence electrons. The number of nitrogens with one attached hydrogen (secondary N) is 1. The summed E-state index contributed by atoms with van der Waals surface area (Å²) in [5, 5.41) is 12.0. The molecule has 1 fully saturated rings. The van der Waals surface area contributed by atoms with Crippen molar-refractivity contribution in [2.24, 2.45) is 23.7 Å². The number of carboxylic acid groups (broad SMARTS) is 1. The van der Waals surface area contributed by atoms with Crippen LogP contribution in [-0.2, 0) is 15.8 Å². The first-order valence-corrected chi connectivity index (χ1v) is 10.3. The van der Waals surface area contributed by atoms with Crippen molar-refractivity contribution in [1.82, 2.24) is 0 Å². The largest absolute Gasteiger partial charge is 0.481 e. The predicted molar refractivity (Wildman–Crippen MR) is 110 cm³/mol. The number of halogens is 4. The Balaban J connectivity index is 1.65. The monoisotopic (exact) mass is 495 g/mol. The number of allylic oxidation sites excluding steroid dienone is 2. The fourth-order valence-electron chi connectivity index (χ4n) is 4.26. The Hall–Kier alpha value is -2.81. The number of rotatable bonds is 5. The molecule has 4 atom stereocenters. The fraction of sp³-hybridized carbons (Fsp3) is 0.273. The standard InChI is InChI=1S/C22H17BrF3NO4/c23-14-4-6-15(7-5-14)31-17-8-3-13(22(24,25)26)10-16(17)27-20(28)18-11-1-2-12(9-11)19(18)21(29)30/h1-8,10-12,18-19H,9H2,(H,27,28)(H,29,30)/t11-,12-,18-,19+/m0/s1. The van der Waals surface area contributed by atoms with Crippen LogP contribution in [0.5, 0.6) is 11.5 Å². The third-order valence-electron chi connectivity index (χ3n) is 5.65. The number of hydrogen-bond acceptors (Lipinski definition) is 3. The minimum Gasteiger partial charge on any atom is -0.481 e.